The number of hydrogen-bond donors (Lipinski definition) is 1. The van der Waals surface area contributed by atoms with Crippen LogP contribution >= 0.6 is 11.6 Å². The molecule has 1 N–H and O–H groups in total. The molecule has 0 saturated heterocycles. The van der Waals surface area contributed by atoms with E-state index in [2.05, 4.69) is 23.7 Å². The molecule has 5 nitrogen and oxygen atoms in total. The van der Waals surface area contributed by atoms with Gasteiger partial charge < -0.3 is 4.90 Å². The molecule has 0 fully saturated rings. The number of halogens is 1. The normalized spacial score (nSPS) is 11.2. The second kappa shape index (κ2) is 8.27. The summed E-state index contributed by atoms with van der Waals surface area (Å²) in [6.07, 6.45) is 2.18. The first-order chi connectivity index (χ1) is 9.54. The molecule has 0 radical (unpaired) electrons. The van der Waals surface area contributed by atoms with Crippen molar-refractivity contribution in [1.29, 1.82) is 0 Å². The molecule has 0 atom stereocenters. The zero-order valence-electron chi connectivity index (χ0n) is 12.5. The van der Waals surface area contributed by atoms with Crippen LogP contribution in [0.4, 0.5) is 0 Å². The van der Waals surface area contributed by atoms with Gasteiger partial charge >= 0.3 is 5.69 Å². The van der Waals surface area contributed by atoms with Crippen molar-refractivity contribution >= 4 is 11.6 Å². The standard InChI is InChI=1S/C14H24ClN3O2/c1-4-8-11-12(15)16-14(20)18(13(11)19)10-7-9-17(5-2)6-3/h4-10H2,1-3H3,(H,16,20). The van der Waals surface area contributed by atoms with E-state index in [0.717, 1.165) is 32.5 Å². The molecule has 1 heterocycles. The van der Waals surface area contributed by atoms with E-state index in [1.807, 2.05) is 6.92 Å². The molecule has 1 aromatic heterocycles. The van der Waals surface area contributed by atoms with Crippen molar-refractivity contribution < 1.29 is 0 Å². The fourth-order valence-corrected chi connectivity index (χ4v) is 2.50. The number of aromatic amines is 1. The fourth-order valence-electron chi connectivity index (χ4n) is 2.25. The van der Waals surface area contributed by atoms with Crippen LogP contribution in [-0.4, -0.2) is 34.1 Å². The summed E-state index contributed by atoms with van der Waals surface area (Å²) in [5.41, 5.74) is -0.156. The zero-order valence-corrected chi connectivity index (χ0v) is 13.3. The molecule has 0 spiro atoms. The maximum Gasteiger partial charge on any atom is 0.329 e. The third-order valence-electron chi connectivity index (χ3n) is 3.48. The number of nitrogens with zero attached hydrogens (tertiary/aromatic N) is 2. The van der Waals surface area contributed by atoms with Crippen LogP contribution in [0.5, 0.6) is 0 Å². The maximum atomic E-state index is 12.3. The molecule has 0 aliphatic rings. The molecule has 0 aromatic carbocycles. The summed E-state index contributed by atoms with van der Waals surface area (Å²) in [4.78, 5) is 28.9. The lowest BCUT2D eigenvalue weighted by Gasteiger charge is -2.17. The lowest BCUT2D eigenvalue weighted by atomic mass is 10.2. The van der Waals surface area contributed by atoms with Crippen LogP contribution < -0.4 is 11.2 Å². The summed E-state index contributed by atoms with van der Waals surface area (Å²) >= 11 is 5.94. The van der Waals surface area contributed by atoms with Crippen LogP contribution in [0.3, 0.4) is 0 Å². The van der Waals surface area contributed by atoms with Crippen LogP contribution in [0.15, 0.2) is 9.59 Å². The van der Waals surface area contributed by atoms with Crippen LogP contribution in [0.2, 0.25) is 5.15 Å². The van der Waals surface area contributed by atoms with Crippen molar-refractivity contribution in [3.8, 4) is 0 Å². The molecule has 20 heavy (non-hydrogen) atoms. The molecule has 0 saturated carbocycles. The minimum Gasteiger partial charge on any atom is -0.304 e. The van der Waals surface area contributed by atoms with E-state index in [0.29, 0.717) is 18.5 Å². The van der Waals surface area contributed by atoms with Gasteiger partial charge in [-0.2, -0.15) is 0 Å². The summed E-state index contributed by atoms with van der Waals surface area (Å²) < 4.78 is 1.26. The molecule has 0 aliphatic heterocycles. The zero-order chi connectivity index (χ0) is 15.1. The lowest BCUT2D eigenvalue weighted by molar-refractivity contribution is 0.291. The Bertz CT molecular complexity index is 532. The Morgan fingerprint density at radius 1 is 1.20 bits per heavy atom. The number of aromatic nitrogens is 2. The number of H-pyrrole nitrogens is 1. The van der Waals surface area contributed by atoms with Gasteiger partial charge in [0.2, 0.25) is 0 Å². The first-order valence-corrected chi connectivity index (χ1v) is 7.66. The lowest BCUT2D eigenvalue weighted by Crippen LogP contribution is -2.38. The molecule has 114 valence electrons. The van der Waals surface area contributed by atoms with Gasteiger partial charge in [-0.3, -0.25) is 14.3 Å². The molecule has 6 heteroatoms. The summed E-state index contributed by atoms with van der Waals surface area (Å²) in [5.74, 6) is 0. The van der Waals surface area contributed by atoms with Gasteiger partial charge in [-0.25, -0.2) is 4.79 Å². The predicted molar refractivity (Wildman–Crippen MR) is 82.7 cm³/mol. The van der Waals surface area contributed by atoms with Gasteiger partial charge in [-0.15, -0.1) is 0 Å². The SMILES string of the molecule is CCCc1c(Cl)[nH]c(=O)n(CCCN(CC)CC)c1=O. The van der Waals surface area contributed by atoms with E-state index < -0.39 is 5.69 Å². The summed E-state index contributed by atoms with van der Waals surface area (Å²) in [6, 6.07) is 0. The topological polar surface area (TPSA) is 58.1 Å². The van der Waals surface area contributed by atoms with Crippen molar-refractivity contribution in [2.75, 3.05) is 19.6 Å². The third kappa shape index (κ3) is 4.21. The molecule has 1 rings (SSSR count). The van der Waals surface area contributed by atoms with E-state index in [-0.39, 0.29) is 10.7 Å². The van der Waals surface area contributed by atoms with Crippen LogP contribution in [0.1, 0.15) is 39.2 Å². The van der Waals surface area contributed by atoms with Gasteiger partial charge in [0.25, 0.3) is 5.56 Å². The Balaban J connectivity index is 2.87. The number of rotatable bonds is 8. The van der Waals surface area contributed by atoms with Crippen molar-refractivity contribution in [2.24, 2.45) is 0 Å². The highest BCUT2D eigenvalue weighted by atomic mass is 35.5. The van der Waals surface area contributed by atoms with Gasteiger partial charge in [0.05, 0.1) is 5.56 Å². The Labute approximate surface area is 124 Å². The second-order valence-corrected chi connectivity index (χ2v) is 5.19. The number of hydrogen-bond acceptors (Lipinski definition) is 3. The summed E-state index contributed by atoms with van der Waals surface area (Å²) in [7, 11) is 0. The highest BCUT2D eigenvalue weighted by Crippen LogP contribution is 2.08. The van der Waals surface area contributed by atoms with Gasteiger partial charge in [0, 0.05) is 6.54 Å². The minimum absolute atomic E-state index is 0.182. The van der Waals surface area contributed by atoms with Gasteiger partial charge in [-0.05, 0) is 32.5 Å². The van der Waals surface area contributed by atoms with Crippen molar-refractivity contribution in [3.63, 3.8) is 0 Å². The summed E-state index contributed by atoms with van der Waals surface area (Å²) in [6.45, 7) is 9.44. The van der Waals surface area contributed by atoms with E-state index in [1.165, 1.54) is 4.57 Å². The molecule has 0 unspecified atom stereocenters. The fraction of sp³-hybridized carbons (Fsp3) is 0.714. The smallest absolute Gasteiger partial charge is 0.304 e. The highest BCUT2D eigenvalue weighted by molar-refractivity contribution is 6.30. The average molecular weight is 302 g/mol. The first kappa shape index (κ1) is 17.0. The third-order valence-corrected chi connectivity index (χ3v) is 3.80. The van der Waals surface area contributed by atoms with Gasteiger partial charge in [-0.1, -0.05) is 38.8 Å². The maximum absolute atomic E-state index is 12.3. The van der Waals surface area contributed by atoms with Gasteiger partial charge in [0.15, 0.2) is 0 Å². The highest BCUT2D eigenvalue weighted by Gasteiger charge is 2.12. The van der Waals surface area contributed by atoms with Crippen LogP contribution in [0.25, 0.3) is 0 Å². The quantitative estimate of drug-likeness (QED) is 0.746. The molecular weight excluding hydrogens is 278 g/mol. The Kier molecular flexibility index (Phi) is 7.02. The molecule has 0 bridgehead atoms. The van der Waals surface area contributed by atoms with E-state index >= 15 is 0 Å². The van der Waals surface area contributed by atoms with Crippen LogP contribution in [-0.2, 0) is 13.0 Å². The van der Waals surface area contributed by atoms with E-state index in [9.17, 15) is 9.59 Å². The Hall–Kier alpha value is -1.07. The van der Waals surface area contributed by atoms with Crippen molar-refractivity contribution in [1.82, 2.24) is 14.5 Å². The largest absolute Gasteiger partial charge is 0.329 e. The molecule has 1 aromatic rings. The average Bonchev–Trinajstić information content (AvgIpc) is 2.42. The Morgan fingerprint density at radius 2 is 1.85 bits per heavy atom. The molecule has 0 amide bonds. The van der Waals surface area contributed by atoms with Crippen molar-refractivity contribution in [2.45, 2.75) is 46.6 Å². The minimum atomic E-state index is -0.417. The monoisotopic (exact) mass is 301 g/mol. The summed E-state index contributed by atoms with van der Waals surface area (Å²) in [5, 5.41) is 0.182. The van der Waals surface area contributed by atoms with Gasteiger partial charge in [0.1, 0.15) is 5.15 Å². The molecular formula is C14H24ClN3O2. The predicted octanol–water partition coefficient (Wildman–Crippen LogP) is 1.87. The van der Waals surface area contributed by atoms with E-state index in [4.69, 9.17) is 11.6 Å². The molecule has 0 aliphatic carbocycles. The van der Waals surface area contributed by atoms with Crippen LogP contribution in [0, 0.1) is 0 Å². The van der Waals surface area contributed by atoms with E-state index in [1.54, 1.807) is 0 Å². The Morgan fingerprint density at radius 3 is 2.40 bits per heavy atom. The second-order valence-electron chi connectivity index (χ2n) is 4.81. The number of nitrogens with one attached hydrogen (secondary N) is 1. The van der Waals surface area contributed by atoms with Crippen molar-refractivity contribution in [3.05, 3.63) is 31.6 Å². The first-order valence-electron chi connectivity index (χ1n) is 7.28.